The molecule has 0 rings (SSSR count). The van der Waals surface area contributed by atoms with Crippen molar-refractivity contribution in [3.05, 3.63) is 0 Å². The van der Waals surface area contributed by atoms with E-state index < -0.39 is 23.6 Å². The van der Waals surface area contributed by atoms with Crippen LogP contribution >= 0.6 is 0 Å². The molecule has 0 fully saturated rings. The van der Waals surface area contributed by atoms with Gasteiger partial charge in [-0.2, -0.15) is 0 Å². The summed E-state index contributed by atoms with van der Waals surface area (Å²) in [4.78, 5) is 24.3. The van der Waals surface area contributed by atoms with Crippen molar-refractivity contribution in [3.63, 3.8) is 0 Å². The highest BCUT2D eigenvalue weighted by Crippen LogP contribution is 2.11. The number of likely N-dealkylation sites (N-methyl/N-ethyl adjacent to an activating group) is 1. The third-order valence-corrected chi connectivity index (χ3v) is 2.04. The van der Waals surface area contributed by atoms with Crippen molar-refractivity contribution < 1.29 is 19.4 Å². The number of hydrogen-bond donors (Lipinski definition) is 1. The largest absolute Gasteiger partial charge is 0.480 e. The molecule has 1 N–H and O–H groups in total. The molecule has 0 bridgehead atoms. The molecule has 0 heterocycles. The van der Waals surface area contributed by atoms with Crippen molar-refractivity contribution in [2.75, 3.05) is 13.1 Å². The molecule has 0 aromatic heterocycles. The van der Waals surface area contributed by atoms with Crippen LogP contribution in [0.25, 0.3) is 0 Å². The molecule has 0 radical (unpaired) electrons. The first kappa shape index (κ1) is 14.9. The minimum absolute atomic E-state index is 0.493. The Morgan fingerprint density at radius 2 is 1.69 bits per heavy atom. The number of nitrogens with zero attached hydrogens (tertiary/aromatic N) is 1. The Hall–Kier alpha value is -1.10. The smallest absolute Gasteiger partial charge is 0.335 e. The average Bonchev–Trinajstić information content (AvgIpc) is 2.09. The number of ether oxygens (including phenoxy) is 1. The van der Waals surface area contributed by atoms with Gasteiger partial charge in [-0.05, 0) is 33.9 Å². The lowest BCUT2D eigenvalue weighted by atomic mass is 10.2. The molecule has 0 saturated carbocycles. The van der Waals surface area contributed by atoms with Gasteiger partial charge >= 0.3 is 11.9 Å². The average molecular weight is 231 g/mol. The van der Waals surface area contributed by atoms with E-state index in [-0.39, 0.29) is 0 Å². The summed E-state index contributed by atoms with van der Waals surface area (Å²) in [6.45, 7) is 9.75. The van der Waals surface area contributed by atoms with Gasteiger partial charge in [0.25, 0.3) is 0 Å². The van der Waals surface area contributed by atoms with E-state index in [1.54, 1.807) is 25.7 Å². The van der Waals surface area contributed by atoms with E-state index in [1.165, 1.54) is 0 Å². The van der Waals surface area contributed by atoms with Gasteiger partial charge in [0, 0.05) is 0 Å². The second-order valence-electron chi connectivity index (χ2n) is 4.50. The highest BCUT2D eigenvalue weighted by atomic mass is 16.6. The Balaban J connectivity index is 4.79. The number of aliphatic carboxylic acids is 1. The van der Waals surface area contributed by atoms with E-state index in [0.717, 1.165) is 0 Å². The maximum absolute atomic E-state index is 11.7. The van der Waals surface area contributed by atoms with E-state index in [4.69, 9.17) is 9.84 Å². The van der Waals surface area contributed by atoms with Crippen LogP contribution in [0.2, 0.25) is 0 Å². The van der Waals surface area contributed by atoms with Gasteiger partial charge in [-0.25, -0.2) is 9.59 Å². The van der Waals surface area contributed by atoms with Gasteiger partial charge < -0.3 is 9.84 Å². The number of carboxylic acids is 1. The van der Waals surface area contributed by atoms with Gasteiger partial charge in [-0.3, -0.25) is 4.90 Å². The maximum Gasteiger partial charge on any atom is 0.335 e. The zero-order valence-electron chi connectivity index (χ0n) is 10.6. The fourth-order valence-electron chi connectivity index (χ4n) is 1.35. The number of carbonyl (C=O) groups excluding carboxylic acids is 1. The monoisotopic (exact) mass is 231 g/mol. The summed E-state index contributed by atoms with van der Waals surface area (Å²) in [5.41, 5.74) is -0.669. The minimum Gasteiger partial charge on any atom is -0.480 e. The summed E-state index contributed by atoms with van der Waals surface area (Å²) in [6.07, 6.45) is 0. The minimum atomic E-state index is -1.21. The molecule has 0 spiro atoms. The molecular weight excluding hydrogens is 210 g/mol. The summed E-state index contributed by atoms with van der Waals surface area (Å²) >= 11 is 0. The molecule has 0 aliphatic carbocycles. The Morgan fingerprint density at radius 3 is 1.94 bits per heavy atom. The summed E-state index contributed by atoms with van der Waals surface area (Å²) in [5.74, 6) is -1.87. The molecule has 5 heteroatoms. The molecule has 5 nitrogen and oxygen atoms in total. The molecule has 1 atom stereocenters. The number of rotatable bonds is 5. The first-order valence-corrected chi connectivity index (χ1v) is 5.42. The van der Waals surface area contributed by atoms with Gasteiger partial charge in [0.05, 0.1) is 0 Å². The zero-order valence-corrected chi connectivity index (χ0v) is 10.6. The predicted molar refractivity (Wildman–Crippen MR) is 60.2 cm³/mol. The molecule has 0 aromatic carbocycles. The summed E-state index contributed by atoms with van der Waals surface area (Å²) in [6, 6.07) is -1.21. The van der Waals surface area contributed by atoms with Crippen LogP contribution in [0.3, 0.4) is 0 Å². The fraction of sp³-hybridized carbons (Fsp3) is 0.818. The van der Waals surface area contributed by atoms with Gasteiger partial charge in [0.2, 0.25) is 6.04 Å². The van der Waals surface area contributed by atoms with Crippen LogP contribution in [0.1, 0.15) is 34.6 Å². The predicted octanol–water partition coefficient (Wildman–Crippen LogP) is 1.12. The lowest BCUT2D eigenvalue weighted by Crippen LogP contribution is -2.49. The molecule has 0 saturated heterocycles. The summed E-state index contributed by atoms with van der Waals surface area (Å²) in [7, 11) is 0. The molecule has 94 valence electrons. The lowest BCUT2D eigenvalue weighted by Gasteiger charge is -2.28. The van der Waals surface area contributed by atoms with Crippen molar-refractivity contribution in [2.24, 2.45) is 0 Å². The molecular formula is C11H21NO4. The molecule has 0 amide bonds. The van der Waals surface area contributed by atoms with Crippen LogP contribution < -0.4 is 0 Å². The second-order valence-corrected chi connectivity index (χ2v) is 4.50. The van der Waals surface area contributed by atoms with E-state index in [2.05, 4.69) is 0 Å². The van der Waals surface area contributed by atoms with Crippen molar-refractivity contribution >= 4 is 11.9 Å². The van der Waals surface area contributed by atoms with Gasteiger partial charge in [-0.1, -0.05) is 13.8 Å². The Kier molecular flexibility index (Phi) is 5.44. The molecule has 0 aromatic rings. The summed E-state index contributed by atoms with van der Waals surface area (Å²) < 4.78 is 5.08. The lowest BCUT2D eigenvalue weighted by molar-refractivity contribution is -0.168. The Labute approximate surface area is 96.4 Å². The van der Waals surface area contributed by atoms with Crippen LogP contribution in [0.15, 0.2) is 0 Å². The molecule has 0 aliphatic heterocycles. The van der Waals surface area contributed by atoms with Gasteiger partial charge in [0.15, 0.2) is 0 Å². The van der Waals surface area contributed by atoms with Crippen molar-refractivity contribution in [1.82, 2.24) is 4.90 Å². The normalized spacial score (nSPS) is 13.6. The zero-order chi connectivity index (χ0) is 12.9. The van der Waals surface area contributed by atoms with Crippen LogP contribution in [0.5, 0.6) is 0 Å². The standard InChI is InChI=1S/C11H21NO4/c1-6-12(7-2)8(9(13)14)10(15)16-11(3,4)5/h8H,6-7H2,1-5H3,(H,13,14)/t8-/m1/s1. The van der Waals surface area contributed by atoms with E-state index in [1.807, 2.05) is 13.8 Å². The Morgan fingerprint density at radius 1 is 1.25 bits per heavy atom. The highest BCUT2D eigenvalue weighted by molar-refractivity contribution is 5.98. The van der Waals surface area contributed by atoms with Gasteiger partial charge in [0.1, 0.15) is 5.60 Å². The SMILES string of the molecule is CCN(CC)[C@H](C(=O)O)C(=O)OC(C)(C)C. The van der Waals surface area contributed by atoms with E-state index in [9.17, 15) is 9.59 Å². The van der Waals surface area contributed by atoms with E-state index in [0.29, 0.717) is 13.1 Å². The maximum atomic E-state index is 11.7. The topological polar surface area (TPSA) is 66.8 Å². The highest BCUT2D eigenvalue weighted by Gasteiger charge is 2.34. The van der Waals surface area contributed by atoms with Crippen molar-refractivity contribution in [1.29, 1.82) is 0 Å². The Bertz CT molecular complexity index is 253. The summed E-state index contributed by atoms with van der Waals surface area (Å²) in [5, 5.41) is 9.03. The first-order valence-electron chi connectivity index (χ1n) is 5.42. The van der Waals surface area contributed by atoms with E-state index >= 15 is 0 Å². The molecule has 0 aliphatic rings. The number of esters is 1. The first-order chi connectivity index (χ1) is 7.22. The van der Waals surface area contributed by atoms with Crippen LogP contribution in [0.4, 0.5) is 0 Å². The fourth-order valence-corrected chi connectivity index (χ4v) is 1.35. The van der Waals surface area contributed by atoms with Crippen molar-refractivity contribution in [2.45, 2.75) is 46.3 Å². The second kappa shape index (κ2) is 5.84. The van der Waals surface area contributed by atoms with Crippen LogP contribution in [-0.2, 0) is 14.3 Å². The quantitative estimate of drug-likeness (QED) is 0.567. The molecule has 0 unspecified atom stereocenters. The third-order valence-electron chi connectivity index (χ3n) is 2.04. The van der Waals surface area contributed by atoms with Gasteiger partial charge in [-0.15, -0.1) is 0 Å². The third kappa shape index (κ3) is 4.61. The molecule has 16 heavy (non-hydrogen) atoms. The van der Waals surface area contributed by atoms with Crippen LogP contribution in [0, 0.1) is 0 Å². The number of carboxylic acid groups (broad SMARTS) is 1. The number of hydrogen-bond acceptors (Lipinski definition) is 4. The number of carbonyl (C=O) groups is 2. The van der Waals surface area contributed by atoms with Crippen molar-refractivity contribution in [3.8, 4) is 0 Å². The van der Waals surface area contributed by atoms with Crippen LogP contribution in [-0.4, -0.2) is 46.7 Å².